The van der Waals surface area contributed by atoms with E-state index in [2.05, 4.69) is 0 Å². The van der Waals surface area contributed by atoms with Crippen molar-refractivity contribution in [3.63, 3.8) is 0 Å². The van der Waals surface area contributed by atoms with Gasteiger partial charge in [0.2, 0.25) is 0 Å². The van der Waals surface area contributed by atoms with Gasteiger partial charge in [0.1, 0.15) is 0 Å². The molecule has 6 heteroatoms. The van der Waals surface area contributed by atoms with Crippen molar-refractivity contribution in [3.8, 4) is 0 Å². The van der Waals surface area contributed by atoms with E-state index in [1.807, 2.05) is 0 Å². The smallest absolute Gasteiger partial charge is 0.396 e. The lowest BCUT2D eigenvalue weighted by atomic mass is 10.1. The largest absolute Gasteiger partial charge is 0.417 e. The normalized spacial score (nSPS) is 19.4. The van der Waals surface area contributed by atoms with E-state index >= 15 is 0 Å². The Kier molecular flexibility index (Phi) is 4.32. The third kappa shape index (κ3) is 3.12. The number of amides is 1. The summed E-state index contributed by atoms with van der Waals surface area (Å²) in [5.74, 6) is -0.416. The number of likely N-dealkylation sites (tertiary alicyclic amines) is 1. The van der Waals surface area contributed by atoms with Crippen molar-refractivity contribution in [1.82, 2.24) is 4.90 Å². The summed E-state index contributed by atoms with van der Waals surface area (Å²) in [4.78, 5) is 13.7. The Balaban J connectivity index is 2.19. The highest BCUT2D eigenvalue weighted by molar-refractivity contribution is 5.96. The van der Waals surface area contributed by atoms with Crippen LogP contribution in [-0.2, 0) is 6.18 Å². The lowest BCUT2D eigenvalue weighted by molar-refractivity contribution is -0.138. The molecule has 1 aliphatic rings. The predicted molar refractivity (Wildman–Crippen MR) is 67.2 cm³/mol. The monoisotopic (exact) mass is 287 g/mol. The van der Waals surface area contributed by atoms with Crippen LogP contribution in [0.25, 0.3) is 0 Å². The predicted octanol–water partition coefficient (Wildman–Crippen LogP) is 2.55. The lowest BCUT2D eigenvalue weighted by Crippen LogP contribution is -2.30. The van der Waals surface area contributed by atoms with Crippen LogP contribution in [0, 0.1) is 5.92 Å². The molecule has 1 unspecified atom stereocenters. The Hall–Kier alpha value is -1.56. The molecule has 1 aromatic carbocycles. The molecule has 1 atom stereocenters. The Bertz CT molecular complexity index is 488. The van der Waals surface area contributed by atoms with E-state index in [-0.39, 0.29) is 18.1 Å². The van der Waals surface area contributed by atoms with Gasteiger partial charge in [-0.25, -0.2) is 0 Å². The zero-order valence-electron chi connectivity index (χ0n) is 10.9. The Morgan fingerprint density at radius 2 is 2.05 bits per heavy atom. The first kappa shape index (κ1) is 14.8. The van der Waals surface area contributed by atoms with Crippen LogP contribution in [0.1, 0.15) is 28.8 Å². The van der Waals surface area contributed by atoms with E-state index in [1.54, 1.807) is 0 Å². The van der Waals surface area contributed by atoms with Gasteiger partial charge in [-0.05, 0) is 30.9 Å². The van der Waals surface area contributed by atoms with E-state index in [0.717, 1.165) is 12.5 Å². The van der Waals surface area contributed by atoms with Crippen LogP contribution >= 0.6 is 0 Å². The number of benzene rings is 1. The van der Waals surface area contributed by atoms with Gasteiger partial charge in [0.15, 0.2) is 0 Å². The molecule has 20 heavy (non-hydrogen) atoms. The standard InChI is InChI=1S/C14H16F3NO2/c15-14(16,17)12-4-2-1-3-11(12)13(20)18-7-5-10(9-18)6-8-19/h1-4,10,19H,5-9H2. The highest BCUT2D eigenvalue weighted by Crippen LogP contribution is 2.33. The molecule has 3 nitrogen and oxygen atoms in total. The number of rotatable bonds is 3. The van der Waals surface area contributed by atoms with Crippen LogP contribution in [0.3, 0.4) is 0 Å². The topological polar surface area (TPSA) is 40.5 Å². The molecule has 1 aliphatic heterocycles. The second-order valence-electron chi connectivity index (χ2n) is 4.96. The number of hydrogen-bond donors (Lipinski definition) is 1. The minimum absolute atomic E-state index is 0.0336. The number of alkyl halides is 3. The molecule has 0 aromatic heterocycles. The molecule has 0 radical (unpaired) electrons. The summed E-state index contributed by atoms with van der Waals surface area (Å²) in [6.45, 7) is 0.882. The highest BCUT2D eigenvalue weighted by atomic mass is 19.4. The van der Waals surface area contributed by atoms with Crippen molar-refractivity contribution >= 4 is 5.91 Å². The quantitative estimate of drug-likeness (QED) is 0.928. The summed E-state index contributed by atoms with van der Waals surface area (Å²) in [7, 11) is 0. The Labute approximate surface area is 115 Å². The van der Waals surface area contributed by atoms with Gasteiger partial charge in [-0.1, -0.05) is 12.1 Å². The van der Waals surface area contributed by atoms with Gasteiger partial charge in [0, 0.05) is 19.7 Å². The number of halogens is 3. The van der Waals surface area contributed by atoms with E-state index in [1.165, 1.54) is 23.1 Å². The molecule has 1 aromatic rings. The van der Waals surface area contributed by atoms with Gasteiger partial charge in [0.05, 0.1) is 11.1 Å². The summed E-state index contributed by atoms with van der Waals surface area (Å²) in [5, 5.41) is 8.87. The first-order valence-corrected chi connectivity index (χ1v) is 6.50. The number of nitrogens with zero attached hydrogens (tertiary/aromatic N) is 1. The van der Waals surface area contributed by atoms with Crippen LogP contribution in [0.2, 0.25) is 0 Å². The van der Waals surface area contributed by atoms with Gasteiger partial charge < -0.3 is 10.0 Å². The van der Waals surface area contributed by atoms with E-state index in [9.17, 15) is 18.0 Å². The molecular weight excluding hydrogens is 271 g/mol. The molecule has 2 rings (SSSR count). The molecule has 0 bridgehead atoms. The molecule has 1 saturated heterocycles. The van der Waals surface area contributed by atoms with Crippen molar-refractivity contribution in [2.24, 2.45) is 5.92 Å². The molecule has 0 saturated carbocycles. The third-order valence-electron chi connectivity index (χ3n) is 3.57. The fraction of sp³-hybridized carbons (Fsp3) is 0.500. The SMILES string of the molecule is O=C(c1ccccc1C(F)(F)F)N1CCC(CCO)C1. The van der Waals surface area contributed by atoms with E-state index < -0.39 is 17.6 Å². The average molecular weight is 287 g/mol. The minimum atomic E-state index is -4.53. The third-order valence-corrected chi connectivity index (χ3v) is 3.57. The highest BCUT2D eigenvalue weighted by Gasteiger charge is 2.37. The number of hydrogen-bond acceptors (Lipinski definition) is 2. The minimum Gasteiger partial charge on any atom is -0.396 e. The molecule has 0 aliphatic carbocycles. The second kappa shape index (κ2) is 5.83. The molecule has 1 fully saturated rings. The fourth-order valence-corrected chi connectivity index (χ4v) is 2.52. The molecule has 1 heterocycles. The average Bonchev–Trinajstić information content (AvgIpc) is 2.86. The molecule has 1 N–H and O–H groups in total. The van der Waals surface area contributed by atoms with Gasteiger partial charge >= 0.3 is 6.18 Å². The van der Waals surface area contributed by atoms with Crippen LogP contribution in [0.15, 0.2) is 24.3 Å². The molecule has 1 amide bonds. The summed E-state index contributed by atoms with van der Waals surface area (Å²) in [5.41, 5.74) is -1.19. The maximum absolute atomic E-state index is 12.9. The Morgan fingerprint density at radius 1 is 1.35 bits per heavy atom. The first-order valence-electron chi connectivity index (χ1n) is 6.50. The molecule has 110 valence electrons. The van der Waals surface area contributed by atoms with Crippen molar-refractivity contribution < 1.29 is 23.1 Å². The van der Waals surface area contributed by atoms with Crippen molar-refractivity contribution in [2.75, 3.05) is 19.7 Å². The zero-order chi connectivity index (χ0) is 14.8. The number of carbonyl (C=O) groups is 1. The fourth-order valence-electron chi connectivity index (χ4n) is 2.52. The number of aliphatic hydroxyl groups is 1. The van der Waals surface area contributed by atoms with Gasteiger partial charge in [-0.3, -0.25) is 4.79 Å². The van der Waals surface area contributed by atoms with Gasteiger partial charge in [0.25, 0.3) is 5.91 Å². The van der Waals surface area contributed by atoms with Crippen molar-refractivity contribution in [1.29, 1.82) is 0 Å². The van der Waals surface area contributed by atoms with Gasteiger partial charge in [-0.2, -0.15) is 13.2 Å². The van der Waals surface area contributed by atoms with Crippen molar-refractivity contribution in [2.45, 2.75) is 19.0 Å². The maximum atomic E-state index is 12.9. The number of aliphatic hydroxyl groups excluding tert-OH is 1. The summed E-state index contributed by atoms with van der Waals surface area (Å²) >= 11 is 0. The molecular formula is C14H16F3NO2. The second-order valence-corrected chi connectivity index (χ2v) is 4.96. The summed E-state index contributed by atoms with van der Waals surface area (Å²) in [6, 6.07) is 4.85. The van der Waals surface area contributed by atoms with Crippen LogP contribution in [0.5, 0.6) is 0 Å². The van der Waals surface area contributed by atoms with E-state index in [4.69, 9.17) is 5.11 Å². The summed E-state index contributed by atoms with van der Waals surface area (Å²) in [6.07, 6.45) is -3.23. The van der Waals surface area contributed by atoms with Crippen LogP contribution in [-0.4, -0.2) is 35.6 Å². The zero-order valence-corrected chi connectivity index (χ0v) is 10.9. The van der Waals surface area contributed by atoms with Crippen molar-refractivity contribution in [3.05, 3.63) is 35.4 Å². The Morgan fingerprint density at radius 3 is 2.70 bits per heavy atom. The summed E-state index contributed by atoms with van der Waals surface area (Å²) < 4.78 is 38.7. The van der Waals surface area contributed by atoms with Crippen LogP contribution < -0.4 is 0 Å². The first-order chi connectivity index (χ1) is 9.43. The van der Waals surface area contributed by atoms with E-state index in [0.29, 0.717) is 19.5 Å². The molecule has 0 spiro atoms. The van der Waals surface area contributed by atoms with Crippen LogP contribution in [0.4, 0.5) is 13.2 Å². The number of carbonyl (C=O) groups excluding carboxylic acids is 1. The lowest BCUT2D eigenvalue weighted by Gasteiger charge is -2.19. The van der Waals surface area contributed by atoms with Gasteiger partial charge in [-0.15, -0.1) is 0 Å². The maximum Gasteiger partial charge on any atom is 0.417 e.